The lowest BCUT2D eigenvalue weighted by molar-refractivity contribution is 0.673. The third-order valence-electron chi connectivity index (χ3n) is 14.3. The molecule has 0 atom stereocenters. The summed E-state index contributed by atoms with van der Waals surface area (Å²) >= 11 is 0. The second-order valence-electron chi connectivity index (χ2n) is 18.3. The van der Waals surface area contributed by atoms with Crippen molar-refractivity contribution in [1.82, 2.24) is 24.1 Å². The molecule has 4 aromatic heterocycles. The molecule has 0 saturated heterocycles. The Morgan fingerprint density at radius 2 is 0.873 bits per heavy atom. The molecule has 6 heteroatoms. The van der Waals surface area contributed by atoms with Gasteiger partial charge in [-0.3, -0.25) is 0 Å². The van der Waals surface area contributed by atoms with Crippen molar-refractivity contribution in [2.24, 2.45) is 0 Å². The average molecular weight is 906 g/mol. The van der Waals surface area contributed by atoms with Gasteiger partial charge in [-0.15, -0.1) is 0 Å². The predicted molar refractivity (Wildman–Crippen MR) is 293 cm³/mol. The van der Waals surface area contributed by atoms with Gasteiger partial charge >= 0.3 is 0 Å². The summed E-state index contributed by atoms with van der Waals surface area (Å²) in [6.45, 7) is 0. The largest absolute Gasteiger partial charge is 0.455 e. The topological polar surface area (TPSA) is 61.7 Å². The van der Waals surface area contributed by atoms with Crippen molar-refractivity contribution in [3.63, 3.8) is 0 Å². The van der Waals surface area contributed by atoms with E-state index in [1.165, 1.54) is 21.5 Å². The molecule has 0 radical (unpaired) electrons. The van der Waals surface area contributed by atoms with E-state index in [9.17, 15) is 0 Å². The van der Waals surface area contributed by atoms with Crippen molar-refractivity contribution in [2.45, 2.75) is 0 Å². The highest BCUT2D eigenvalue weighted by molar-refractivity contribution is 6.22. The van der Waals surface area contributed by atoms with Crippen molar-refractivity contribution in [1.29, 1.82) is 0 Å². The Labute approximate surface area is 407 Å². The lowest BCUT2D eigenvalue weighted by atomic mass is 10.0. The van der Waals surface area contributed by atoms with E-state index in [-0.39, 0.29) is 0 Å². The molecule has 0 amide bonds. The summed E-state index contributed by atoms with van der Waals surface area (Å²) in [6.07, 6.45) is 0. The van der Waals surface area contributed by atoms with Gasteiger partial charge in [0.1, 0.15) is 11.2 Å². The van der Waals surface area contributed by atoms with Gasteiger partial charge in [-0.2, -0.15) is 0 Å². The smallest absolute Gasteiger partial charge is 0.167 e. The maximum absolute atomic E-state index is 7.29. The van der Waals surface area contributed by atoms with Crippen LogP contribution in [-0.2, 0) is 0 Å². The Hall–Kier alpha value is -9.65. The molecule has 330 valence electrons. The van der Waals surface area contributed by atoms with Gasteiger partial charge in [0, 0.05) is 49.1 Å². The molecule has 0 aliphatic rings. The zero-order valence-corrected chi connectivity index (χ0v) is 38.2. The molecule has 0 bridgehead atoms. The summed E-state index contributed by atoms with van der Waals surface area (Å²) in [5, 5.41) is 11.2. The number of hydrogen-bond donors (Lipinski definition) is 0. The lowest BCUT2D eigenvalue weighted by Gasteiger charge is -2.13. The molecule has 15 aromatic rings. The second kappa shape index (κ2) is 15.4. The monoisotopic (exact) mass is 905 g/mol. The first kappa shape index (κ1) is 39.4. The van der Waals surface area contributed by atoms with E-state index in [0.717, 1.165) is 99.2 Å². The summed E-state index contributed by atoms with van der Waals surface area (Å²) in [4.78, 5) is 16.2. The lowest BCUT2D eigenvalue weighted by Crippen LogP contribution is -2.01. The van der Waals surface area contributed by atoms with E-state index in [2.05, 4.69) is 240 Å². The number of rotatable bonds is 6. The van der Waals surface area contributed by atoms with E-state index >= 15 is 0 Å². The van der Waals surface area contributed by atoms with Crippen LogP contribution in [-0.4, -0.2) is 24.1 Å². The summed E-state index contributed by atoms with van der Waals surface area (Å²) in [6, 6.07) is 83.8. The zero-order chi connectivity index (χ0) is 46.6. The number of nitrogens with zero attached hydrogens (tertiary/aromatic N) is 5. The van der Waals surface area contributed by atoms with Crippen LogP contribution < -0.4 is 0 Å². The van der Waals surface area contributed by atoms with E-state index in [0.29, 0.717) is 23.1 Å². The average Bonchev–Trinajstić information content (AvgIpc) is 4.11. The molecular formula is C65H39N5O. The van der Waals surface area contributed by atoms with Gasteiger partial charge in [0.25, 0.3) is 0 Å². The third-order valence-corrected chi connectivity index (χ3v) is 14.3. The predicted octanol–water partition coefficient (Wildman–Crippen LogP) is 16.9. The Morgan fingerprint density at radius 3 is 1.65 bits per heavy atom. The van der Waals surface area contributed by atoms with Gasteiger partial charge in [0.15, 0.2) is 17.5 Å². The fraction of sp³-hybridized carbons (Fsp3) is 0. The van der Waals surface area contributed by atoms with Gasteiger partial charge in [0.2, 0.25) is 0 Å². The fourth-order valence-corrected chi connectivity index (χ4v) is 11.1. The highest BCUT2D eigenvalue weighted by Crippen LogP contribution is 2.45. The normalized spacial score (nSPS) is 11.9. The third kappa shape index (κ3) is 6.11. The van der Waals surface area contributed by atoms with Gasteiger partial charge in [-0.05, 0) is 106 Å². The van der Waals surface area contributed by atoms with Gasteiger partial charge < -0.3 is 13.6 Å². The van der Waals surface area contributed by atoms with E-state index in [1.807, 2.05) is 6.07 Å². The summed E-state index contributed by atoms with van der Waals surface area (Å²) in [5.74, 6) is 1.67. The molecular weight excluding hydrogens is 867 g/mol. The number of furan rings is 1. The summed E-state index contributed by atoms with van der Waals surface area (Å²) in [7, 11) is 0. The van der Waals surface area contributed by atoms with Crippen LogP contribution in [0, 0.1) is 0 Å². The van der Waals surface area contributed by atoms with E-state index in [4.69, 9.17) is 19.4 Å². The Morgan fingerprint density at radius 1 is 0.296 bits per heavy atom. The molecule has 0 N–H and O–H groups in total. The van der Waals surface area contributed by atoms with Crippen LogP contribution in [0.3, 0.4) is 0 Å². The molecule has 0 fully saturated rings. The molecule has 0 saturated carbocycles. The number of para-hydroxylation sites is 3. The molecule has 0 aliphatic carbocycles. The standard InChI is InChI=1S/C65H39N5O/c1-3-16-40(17-4-1)42-21-15-22-45(36-42)63-66-64(46-31-34-57-53(38-46)49-26-11-13-28-55(49)69(57)47-23-5-2-6-24-47)68-65(67-63)52-33-35-58(60-51-32-30-41-18-9-10-25-48(41)61(51)71-62(52)60)70-56-29-14-12-27-50(56)54-37-43-19-7-8-20-44(43)39-59(54)70/h1-39H. The first-order valence-electron chi connectivity index (χ1n) is 24.0. The van der Waals surface area contributed by atoms with Crippen molar-refractivity contribution in [3.8, 4) is 56.7 Å². The van der Waals surface area contributed by atoms with E-state index < -0.39 is 0 Å². The van der Waals surface area contributed by atoms with Crippen LogP contribution >= 0.6 is 0 Å². The molecule has 11 aromatic carbocycles. The molecule has 0 spiro atoms. The van der Waals surface area contributed by atoms with Gasteiger partial charge in [-0.25, -0.2) is 15.0 Å². The summed E-state index contributed by atoms with van der Waals surface area (Å²) in [5.41, 5.74) is 12.9. The van der Waals surface area contributed by atoms with Crippen molar-refractivity contribution >= 4 is 87.1 Å². The van der Waals surface area contributed by atoms with E-state index in [1.54, 1.807) is 0 Å². The SMILES string of the molecule is c1ccc(-c2cccc(-c3nc(-c4ccc5c(c4)c4ccccc4n5-c4ccccc4)nc(-c4ccc(-n5c6ccccc6c6cc7ccccc7cc65)c5c4oc4c6ccccc6ccc45)n3)c2)cc1. The number of benzene rings is 11. The van der Waals surface area contributed by atoms with Crippen molar-refractivity contribution in [2.75, 3.05) is 0 Å². The fourth-order valence-electron chi connectivity index (χ4n) is 11.1. The minimum atomic E-state index is 0.523. The van der Waals surface area contributed by atoms with Crippen LogP contribution in [0.15, 0.2) is 241 Å². The maximum atomic E-state index is 7.29. The van der Waals surface area contributed by atoms with Crippen LogP contribution in [0.2, 0.25) is 0 Å². The van der Waals surface area contributed by atoms with Crippen LogP contribution in [0.4, 0.5) is 0 Å². The summed E-state index contributed by atoms with van der Waals surface area (Å²) < 4.78 is 12.0. The number of hydrogen-bond acceptors (Lipinski definition) is 4. The van der Waals surface area contributed by atoms with Crippen LogP contribution in [0.5, 0.6) is 0 Å². The first-order chi connectivity index (χ1) is 35.2. The Kier molecular flexibility index (Phi) is 8.56. The maximum Gasteiger partial charge on any atom is 0.167 e. The molecule has 0 aliphatic heterocycles. The number of fused-ring (bicyclic) bond motifs is 12. The highest BCUT2D eigenvalue weighted by atomic mass is 16.3. The minimum absolute atomic E-state index is 0.523. The van der Waals surface area contributed by atoms with Crippen LogP contribution in [0.25, 0.3) is 144 Å². The molecule has 71 heavy (non-hydrogen) atoms. The molecule has 6 nitrogen and oxygen atoms in total. The Balaban J connectivity index is 1.01. The van der Waals surface area contributed by atoms with Crippen LogP contribution in [0.1, 0.15) is 0 Å². The first-order valence-corrected chi connectivity index (χ1v) is 24.0. The Bertz CT molecular complexity index is 4640. The second-order valence-corrected chi connectivity index (χ2v) is 18.3. The molecule has 4 heterocycles. The van der Waals surface area contributed by atoms with Gasteiger partial charge in [0.05, 0.1) is 38.7 Å². The quantitative estimate of drug-likeness (QED) is 0.167. The number of aromatic nitrogens is 5. The zero-order valence-electron chi connectivity index (χ0n) is 38.2. The van der Waals surface area contributed by atoms with Crippen molar-refractivity contribution in [3.05, 3.63) is 237 Å². The minimum Gasteiger partial charge on any atom is -0.455 e. The molecule has 15 rings (SSSR count). The highest BCUT2D eigenvalue weighted by Gasteiger charge is 2.25. The van der Waals surface area contributed by atoms with Gasteiger partial charge in [-0.1, -0.05) is 158 Å². The van der Waals surface area contributed by atoms with Crippen molar-refractivity contribution < 1.29 is 4.42 Å². The molecule has 0 unspecified atom stereocenters.